The van der Waals surface area contributed by atoms with Crippen LogP contribution in [0.5, 0.6) is 0 Å². The molecule has 0 amide bonds. The lowest BCUT2D eigenvalue weighted by molar-refractivity contribution is 0.811. The number of nitrogens with zero attached hydrogens (tertiary/aromatic N) is 3. The topological polar surface area (TPSA) is 30.7 Å². The smallest absolute Gasteiger partial charge is 0.113 e. The normalized spacial score (nSPS) is 11.1. The van der Waals surface area contributed by atoms with E-state index in [-0.39, 0.29) is 0 Å². The summed E-state index contributed by atoms with van der Waals surface area (Å²) in [6.07, 6.45) is 7.68. The van der Waals surface area contributed by atoms with Crippen LogP contribution in [0.1, 0.15) is 19.2 Å². The van der Waals surface area contributed by atoms with Gasteiger partial charge < -0.3 is 4.57 Å². The lowest BCUT2D eigenvalue weighted by atomic mass is 10.2. The molecule has 4 heteroatoms. The first-order valence-electron chi connectivity index (χ1n) is 6.36. The summed E-state index contributed by atoms with van der Waals surface area (Å²) in [4.78, 5) is 8.79. The highest BCUT2D eigenvalue weighted by Gasteiger charge is 2.08. The number of rotatable bonds is 3. The maximum absolute atomic E-state index is 6.02. The van der Waals surface area contributed by atoms with Crippen molar-refractivity contribution in [1.29, 1.82) is 0 Å². The molecule has 2 heterocycles. The third-order valence-corrected chi connectivity index (χ3v) is 3.37. The summed E-state index contributed by atoms with van der Waals surface area (Å²) in [5.74, 6) is 1.07. The van der Waals surface area contributed by atoms with E-state index in [1.54, 1.807) is 0 Å². The van der Waals surface area contributed by atoms with E-state index in [4.69, 9.17) is 11.6 Å². The molecule has 0 bridgehead atoms. The quantitative estimate of drug-likeness (QED) is 0.720. The van der Waals surface area contributed by atoms with Crippen LogP contribution in [0.2, 0.25) is 5.02 Å². The molecule has 0 saturated heterocycles. The van der Waals surface area contributed by atoms with E-state index in [2.05, 4.69) is 21.5 Å². The number of halogens is 1. The fraction of sp³-hybridized carbons (Fsp3) is 0.200. The first-order chi connectivity index (χ1) is 9.29. The van der Waals surface area contributed by atoms with Gasteiger partial charge in [-0.15, -0.1) is 0 Å². The molecule has 0 N–H and O–H groups in total. The van der Waals surface area contributed by atoms with Crippen molar-refractivity contribution in [3.05, 3.63) is 53.7 Å². The van der Waals surface area contributed by atoms with Crippen LogP contribution in [-0.4, -0.2) is 14.5 Å². The Balaban J connectivity index is 2.22. The molecule has 96 valence electrons. The minimum Gasteiger partial charge on any atom is -0.303 e. The summed E-state index contributed by atoms with van der Waals surface area (Å²) in [6, 6.07) is 7.80. The van der Waals surface area contributed by atoms with Crippen molar-refractivity contribution in [2.75, 3.05) is 0 Å². The Morgan fingerprint density at radius 1 is 1.16 bits per heavy atom. The Bertz CT molecular complexity index is 718. The molecule has 0 fully saturated rings. The number of aryl methyl sites for hydroxylation is 1. The second-order valence-corrected chi connectivity index (χ2v) is 4.89. The maximum atomic E-state index is 6.02. The van der Waals surface area contributed by atoms with Gasteiger partial charge in [-0.1, -0.05) is 18.5 Å². The molecule has 0 aliphatic heterocycles. The van der Waals surface area contributed by atoms with Crippen molar-refractivity contribution in [2.24, 2.45) is 0 Å². The van der Waals surface area contributed by atoms with E-state index in [0.29, 0.717) is 5.02 Å². The van der Waals surface area contributed by atoms with E-state index in [1.807, 2.05) is 42.9 Å². The molecule has 19 heavy (non-hydrogen) atoms. The first kappa shape index (κ1) is 12.2. The lowest BCUT2D eigenvalue weighted by Gasteiger charge is -2.10. The molecule has 0 spiro atoms. The van der Waals surface area contributed by atoms with Gasteiger partial charge in [0.2, 0.25) is 0 Å². The van der Waals surface area contributed by atoms with Crippen molar-refractivity contribution in [1.82, 2.24) is 14.5 Å². The molecule has 0 unspecified atom stereocenters. The molecule has 3 nitrogen and oxygen atoms in total. The van der Waals surface area contributed by atoms with Crippen molar-refractivity contribution >= 4 is 22.5 Å². The van der Waals surface area contributed by atoms with E-state index < -0.39 is 0 Å². The van der Waals surface area contributed by atoms with Gasteiger partial charge in [0.05, 0.1) is 11.2 Å². The Morgan fingerprint density at radius 2 is 2.05 bits per heavy atom. The third-order valence-electron chi connectivity index (χ3n) is 3.13. The second kappa shape index (κ2) is 5.02. The van der Waals surface area contributed by atoms with Gasteiger partial charge in [0.15, 0.2) is 0 Å². The molecule has 2 aromatic heterocycles. The second-order valence-electron chi connectivity index (χ2n) is 4.46. The van der Waals surface area contributed by atoms with Crippen molar-refractivity contribution in [2.45, 2.75) is 19.8 Å². The van der Waals surface area contributed by atoms with E-state index in [1.165, 1.54) is 0 Å². The number of pyridine rings is 1. The van der Waals surface area contributed by atoms with Crippen molar-refractivity contribution in [3.8, 4) is 5.69 Å². The molecule has 3 aromatic rings. The molecule has 0 saturated carbocycles. The Kier molecular flexibility index (Phi) is 3.22. The fourth-order valence-electron chi connectivity index (χ4n) is 2.28. The molecule has 0 radical (unpaired) electrons. The van der Waals surface area contributed by atoms with Gasteiger partial charge in [0, 0.05) is 35.4 Å². The Labute approximate surface area is 116 Å². The van der Waals surface area contributed by atoms with Crippen LogP contribution in [0.25, 0.3) is 16.6 Å². The van der Waals surface area contributed by atoms with Crippen LogP contribution in [0.15, 0.2) is 42.9 Å². The zero-order valence-corrected chi connectivity index (χ0v) is 11.4. The monoisotopic (exact) mass is 271 g/mol. The summed E-state index contributed by atoms with van der Waals surface area (Å²) in [6.45, 7) is 2.16. The minimum absolute atomic E-state index is 0.705. The zero-order valence-electron chi connectivity index (χ0n) is 10.7. The highest BCUT2D eigenvalue weighted by atomic mass is 35.5. The van der Waals surface area contributed by atoms with Crippen LogP contribution in [0, 0.1) is 0 Å². The molecule has 0 atom stereocenters. The summed E-state index contributed by atoms with van der Waals surface area (Å²) in [7, 11) is 0. The molecule has 1 aromatic carbocycles. The molecule has 3 rings (SSSR count). The molecular formula is C15H14ClN3. The van der Waals surface area contributed by atoms with Gasteiger partial charge in [-0.05, 0) is 30.7 Å². The number of hydrogen-bond acceptors (Lipinski definition) is 2. The van der Waals surface area contributed by atoms with Crippen LogP contribution < -0.4 is 0 Å². The predicted octanol–water partition coefficient (Wildman–Crippen LogP) is 4.03. The van der Waals surface area contributed by atoms with Crippen molar-refractivity contribution < 1.29 is 0 Å². The minimum atomic E-state index is 0.705. The van der Waals surface area contributed by atoms with Crippen molar-refractivity contribution in [3.63, 3.8) is 0 Å². The van der Waals surface area contributed by atoms with Crippen LogP contribution in [0.3, 0.4) is 0 Å². The van der Waals surface area contributed by atoms with Gasteiger partial charge >= 0.3 is 0 Å². The number of fused-ring (bicyclic) bond motifs is 1. The van der Waals surface area contributed by atoms with E-state index >= 15 is 0 Å². The van der Waals surface area contributed by atoms with Crippen LogP contribution in [0.4, 0.5) is 0 Å². The zero-order chi connectivity index (χ0) is 13.2. The summed E-state index contributed by atoms with van der Waals surface area (Å²) in [5.41, 5.74) is 2.00. The molecular weight excluding hydrogens is 258 g/mol. The highest BCUT2D eigenvalue weighted by Crippen LogP contribution is 2.24. The lowest BCUT2D eigenvalue weighted by Crippen LogP contribution is -2.01. The fourth-order valence-corrected chi connectivity index (χ4v) is 2.44. The first-order valence-corrected chi connectivity index (χ1v) is 6.74. The largest absolute Gasteiger partial charge is 0.303 e. The van der Waals surface area contributed by atoms with E-state index in [0.717, 1.165) is 35.3 Å². The number of imidazole rings is 1. The summed E-state index contributed by atoms with van der Waals surface area (Å²) < 4.78 is 2.13. The van der Waals surface area contributed by atoms with Gasteiger partial charge in [-0.25, -0.2) is 4.98 Å². The Hall–Kier alpha value is -1.87. The molecule has 0 aliphatic rings. The maximum Gasteiger partial charge on any atom is 0.113 e. The number of aromatic nitrogens is 3. The average Bonchev–Trinajstić information content (AvgIpc) is 2.86. The van der Waals surface area contributed by atoms with Crippen LogP contribution >= 0.6 is 11.6 Å². The predicted molar refractivity (Wildman–Crippen MR) is 77.9 cm³/mol. The number of benzene rings is 1. The standard InChI is InChI=1S/C15H14ClN3/c1-2-3-15-18-8-9-19(15)14-6-7-17-13-10-11(16)4-5-12(13)14/h4-10H,2-3H2,1H3. The average molecular weight is 272 g/mol. The SMILES string of the molecule is CCCc1nccn1-c1ccnc2cc(Cl)ccc12. The summed E-state index contributed by atoms with van der Waals surface area (Å²) in [5, 5.41) is 1.79. The van der Waals surface area contributed by atoms with Crippen LogP contribution in [-0.2, 0) is 6.42 Å². The third kappa shape index (κ3) is 2.22. The summed E-state index contributed by atoms with van der Waals surface area (Å²) >= 11 is 6.02. The van der Waals surface area contributed by atoms with E-state index in [9.17, 15) is 0 Å². The molecule has 0 aliphatic carbocycles. The number of hydrogen-bond donors (Lipinski definition) is 0. The van der Waals surface area contributed by atoms with Gasteiger partial charge in [0.25, 0.3) is 0 Å². The Morgan fingerprint density at radius 3 is 2.89 bits per heavy atom. The van der Waals surface area contributed by atoms with Gasteiger partial charge in [0.1, 0.15) is 5.82 Å². The highest BCUT2D eigenvalue weighted by molar-refractivity contribution is 6.31. The van der Waals surface area contributed by atoms with Gasteiger partial charge in [-0.2, -0.15) is 0 Å². The van der Waals surface area contributed by atoms with Gasteiger partial charge in [-0.3, -0.25) is 4.98 Å².